The minimum absolute atomic E-state index is 0.0557. The Morgan fingerprint density at radius 3 is 2.42 bits per heavy atom. The zero-order chi connectivity index (χ0) is 14.3. The van der Waals surface area contributed by atoms with Gasteiger partial charge in [-0.25, -0.2) is 4.39 Å². The second kappa shape index (κ2) is 8.28. The largest absolute Gasteiger partial charge is 0.309 e. The first kappa shape index (κ1) is 16.1. The monoisotopic (exact) mass is 266 g/mol. The minimum atomic E-state index is -0.117. The Hall–Kier alpha value is -0.930. The van der Waals surface area contributed by atoms with Crippen molar-refractivity contribution in [2.75, 3.05) is 19.6 Å². The summed E-state index contributed by atoms with van der Waals surface area (Å²) in [5.41, 5.74) is 0.770. The fraction of sp³-hybridized carbons (Fsp3) is 0.625. The smallest absolute Gasteiger partial charge is 0.128 e. The molecule has 2 nitrogen and oxygen atoms in total. The molecule has 0 saturated carbocycles. The van der Waals surface area contributed by atoms with Crippen LogP contribution in [0.5, 0.6) is 0 Å². The molecule has 1 unspecified atom stereocenters. The number of benzene rings is 1. The van der Waals surface area contributed by atoms with Crippen molar-refractivity contribution in [3.05, 3.63) is 35.6 Å². The highest BCUT2D eigenvalue weighted by Gasteiger charge is 2.19. The van der Waals surface area contributed by atoms with E-state index in [4.69, 9.17) is 0 Å². The third-order valence-electron chi connectivity index (χ3n) is 3.39. The topological polar surface area (TPSA) is 15.3 Å². The van der Waals surface area contributed by atoms with E-state index in [1.807, 2.05) is 12.1 Å². The summed E-state index contributed by atoms with van der Waals surface area (Å²) in [6.07, 6.45) is 1.12. The first-order valence-corrected chi connectivity index (χ1v) is 7.32. The van der Waals surface area contributed by atoms with Gasteiger partial charge in [-0.05, 0) is 39.4 Å². The van der Waals surface area contributed by atoms with Crippen LogP contribution in [-0.4, -0.2) is 30.6 Å². The molecule has 1 aromatic carbocycles. The summed E-state index contributed by atoms with van der Waals surface area (Å²) < 4.78 is 13.9. The fourth-order valence-corrected chi connectivity index (χ4v) is 2.36. The van der Waals surface area contributed by atoms with Crippen LogP contribution in [0.3, 0.4) is 0 Å². The Labute approximate surface area is 117 Å². The molecule has 19 heavy (non-hydrogen) atoms. The van der Waals surface area contributed by atoms with E-state index < -0.39 is 0 Å². The van der Waals surface area contributed by atoms with E-state index in [0.717, 1.165) is 31.6 Å². The second-order valence-corrected chi connectivity index (χ2v) is 5.22. The van der Waals surface area contributed by atoms with Gasteiger partial charge in [0, 0.05) is 24.2 Å². The van der Waals surface area contributed by atoms with Crippen LogP contribution in [0.4, 0.5) is 4.39 Å². The number of hydrogen-bond donors (Lipinski definition) is 1. The predicted molar refractivity (Wildman–Crippen MR) is 79.8 cm³/mol. The standard InChI is InChI=1S/C16H27FN2/c1-5-11-19(13(3)4)12-16(18-6-2)14-9-7-8-10-15(14)17/h7-10,13,16,18H,5-6,11-12H2,1-4H3. The van der Waals surface area contributed by atoms with Crippen LogP contribution < -0.4 is 5.32 Å². The lowest BCUT2D eigenvalue weighted by Gasteiger charge is -2.31. The van der Waals surface area contributed by atoms with Gasteiger partial charge in [0.1, 0.15) is 5.82 Å². The van der Waals surface area contributed by atoms with Crippen LogP contribution in [0, 0.1) is 5.82 Å². The van der Waals surface area contributed by atoms with Crippen molar-refractivity contribution in [3.63, 3.8) is 0 Å². The summed E-state index contributed by atoms with van der Waals surface area (Å²) in [5, 5.41) is 3.40. The Bertz CT molecular complexity index is 366. The molecule has 0 radical (unpaired) electrons. The highest BCUT2D eigenvalue weighted by Crippen LogP contribution is 2.19. The maximum Gasteiger partial charge on any atom is 0.128 e. The van der Waals surface area contributed by atoms with Crippen LogP contribution in [-0.2, 0) is 0 Å². The molecule has 0 amide bonds. The fourth-order valence-electron chi connectivity index (χ4n) is 2.36. The molecule has 108 valence electrons. The van der Waals surface area contributed by atoms with Gasteiger partial charge >= 0.3 is 0 Å². The van der Waals surface area contributed by atoms with Crippen molar-refractivity contribution in [2.24, 2.45) is 0 Å². The molecule has 0 aliphatic carbocycles. The highest BCUT2D eigenvalue weighted by atomic mass is 19.1. The molecular formula is C16H27FN2. The number of rotatable bonds is 8. The van der Waals surface area contributed by atoms with Crippen LogP contribution >= 0.6 is 0 Å². The van der Waals surface area contributed by atoms with Crippen molar-refractivity contribution in [1.29, 1.82) is 0 Å². The van der Waals surface area contributed by atoms with Crippen molar-refractivity contribution in [3.8, 4) is 0 Å². The zero-order valence-electron chi connectivity index (χ0n) is 12.6. The average molecular weight is 266 g/mol. The van der Waals surface area contributed by atoms with E-state index >= 15 is 0 Å². The lowest BCUT2D eigenvalue weighted by Crippen LogP contribution is -2.39. The first-order chi connectivity index (χ1) is 9.10. The Kier molecular flexibility index (Phi) is 7.03. The van der Waals surface area contributed by atoms with Crippen molar-refractivity contribution in [1.82, 2.24) is 10.2 Å². The van der Waals surface area contributed by atoms with Gasteiger partial charge in [0.15, 0.2) is 0 Å². The second-order valence-electron chi connectivity index (χ2n) is 5.22. The minimum Gasteiger partial charge on any atom is -0.309 e. The third-order valence-corrected chi connectivity index (χ3v) is 3.39. The number of halogens is 1. The van der Waals surface area contributed by atoms with Crippen molar-refractivity contribution < 1.29 is 4.39 Å². The van der Waals surface area contributed by atoms with Gasteiger partial charge in [-0.15, -0.1) is 0 Å². The van der Waals surface area contributed by atoms with Gasteiger partial charge in [0.05, 0.1) is 0 Å². The summed E-state index contributed by atoms with van der Waals surface area (Å²) in [6, 6.07) is 7.61. The quantitative estimate of drug-likeness (QED) is 0.773. The summed E-state index contributed by atoms with van der Waals surface area (Å²) in [4.78, 5) is 2.40. The molecule has 1 atom stereocenters. The van der Waals surface area contributed by atoms with Gasteiger partial charge in [-0.3, -0.25) is 4.90 Å². The molecule has 1 N–H and O–H groups in total. The van der Waals surface area contributed by atoms with Gasteiger partial charge in [0.25, 0.3) is 0 Å². The average Bonchev–Trinajstić information content (AvgIpc) is 2.38. The van der Waals surface area contributed by atoms with Gasteiger partial charge < -0.3 is 5.32 Å². The van der Waals surface area contributed by atoms with E-state index in [-0.39, 0.29) is 11.9 Å². The maximum atomic E-state index is 13.9. The molecule has 0 aliphatic rings. The van der Waals surface area contributed by atoms with Crippen molar-refractivity contribution >= 4 is 0 Å². The normalized spacial score (nSPS) is 13.2. The lowest BCUT2D eigenvalue weighted by atomic mass is 10.0. The summed E-state index contributed by atoms with van der Waals surface area (Å²) in [7, 11) is 0. The molecule has 0 heterocycles. The summed E-state index contributed by atoms with van der Waals surface area (Å²) in [6.45, 7) is 11.4. The number of hydrogen-bond acceptors (Lipinski definition) is 2. The Morgan fingerprint density at radius 2 is 1.89 bits per heavy atom. The molecule has 0 aliphatic heterocycles. The SMILES string of the molecule is CCCN(CC(NCC)c1ccccc1F)C(C)C. The van der Waals surface area contributed by atoms with E-state index in [1.165, 1.54) is 0 Å². The highest BCUT2D eigenvalue weighted by molar-refractivity contribution is 5.21. The van der Waals surface area contributed by atoms with E-state index in [2.05, 4.69) is 37.9 Å². The predicted octanol–water partition coefficient (Wildman–Crippen LogP) is 3.60. The number of nitrogens with one attached hydrogen (secondary N) is 1. The Balaban J connectivity index is 2.85. The molecule has 0 aromatic heterocycles. The molecular weight excluding hydrogens is 239 g/mol. The maximum absolute atomic E-state index is 13.9. The zero-order valence-corrected chi connectivity index (χ0v) is 12.6. The molecule has 1 aromatic rings. The van der Waals surface area contributed by atoms with E-state index in [1.54, 1.807) is 12.1 Å². The first-order valence-electron chi connectivity index (χ1n) is 7.32. The van der Waals surface area contributed by atoms with Gasteiger partial charge in [0.2, 0.25) is 0 Å². The molecule has 1 rings (SSSR count). The van der Waals surface area contributed by atoms with Crippen LogP contribution in [0.25, 0.3) is 0 Å². The molecule has 3 heteroatoms. The summed E-state index contributed by atoms with van der Waals surface area (Å²) >= 11 is 0. The number of nitrogens with zero attached hydrogens (tertiary/aromatic N) is 1. The van der Waals surface area contributed by atoms with Crippen molar-refractivity contribution in [2.45, 2.75) is 46.2 Å². The third kappa shape index (κ3) is 4.92. The van der Waals surface area contributed by atoms with Crippen LogP contribution in [0.1, 0.15) is 45.7 Å². The van der Waals surface area contributed by atoms with Crippen LogP contribution in [0.15, 0.2) is 24.3 Å². The van der Waals surface area contributed by atoms with Crippen LogP contribution in [0.2, 0.25) is 0 Å². The molecule has 0 bridgehead atoms. The molecule has 0 spiro atoms. The number of likely N-dealkylation sites (N-methyl/N-ethyl adjacent to an activating group) is 1. The van der Waals surface area contributed by atoms with Gasteiger partial charge in [-0.1, -0.05) is 32.0 Å². The molecule has 0 saturated heterocycles. The van der Waals surface area contributed by atoms with Gasteiger partial charge in [-0.2, -0.15) is 0 Å². The Morgan fingerprint density at radius 1 is 1.21 bits per heavy atom. The van der Waals surface area contributed by atoms with E-state index in [0.29, 0.717) is 6.04 Å². The lowest BCUT2D eigenvalue weighted by molar-refractivity contribution is 0.197. The summed E-state index contributed by atoms with van der Waals surface area (Å²) in [5.74, 6) is -0.117. The van der Waals surface area contributed by atoms with E-state index in [9.17, 15) is 4.39 Å². The molecule has 0 fully saturated rings.